The lowest BCUT2D eigenvalue weighted by Gasteiger charge is -2.35. The molecule has 122 valence electrons. The van der Waals surface area contributed by atoms with E-state index in [-0.39, 0.29) is 17.7 Å². The van der Waals surface area contributed by atoms with Gasteiger partial charge in [0, 0.05) is 45.2 Å². The summed E-state index contributed by atoms with van der Waals surface area (Å²) >= 11 is 0. The normalized spacial score (nSPS) is 17.6. The van der Waals surface area contributed by atoms with E-state index < -0.39 is 0 Å². The molecular formula is C15H30N4O2. The molecule has 0 aromatic rings. The van der Waals surface area contributed by atoms with Crippen LogP contribution in [-0.2, 0) is 9.59 Å². The van der Waals surface area contributed by atoms with E-state index in [1.54, 1.807) is 0 Å². The molecule has 0 bridgehead atoms. The van der Waals surface area contributed by atoms with Crippen molar-refractivity contribution in [3.8, 4) is 0 Å². The van der Waals surface area contributed by atoms with Crippen molar-refractivity contribution >= 4 is 11.8 Å². The van der Waals surface area contributed by atoms with Gasteiger partial charge in [0.1, 0.15) is 0 Å². The highest BCUT2D eigenvalue weighted by molar-refractivity contribution is 5.79. The number of amides is 2. The molecule has 1 aliphatic heterocycles. The van der Waals surface area contributed by atoms with Gasteiger partial charge in [-0.05, 0) is 13.0 Å². The Labute approximate surface area is 128 Å². The molecule has 0 saturated carbocycles. The Balaban J connectivity index is 2.28. The lowest BCUT2D eigenvalue weighted by Crippen LogP contribution is -2.52. The quantitative estimate of drug-likeness (QED) is 0.657. The predicted octanol–water partition coefficient (Wildman–Crippen LogP) is -0.0976. The Morgan fingerprint density at radius 3 is 2.38 bits per heavy atom. The van der Waals surface area contributed by atoms with Crippen LogP contribution < -0.4 is 10.6 Å². The maximum Gasteiger partial charge on any atom is 0.234 e. The van der Waals surface area contributed by atoms with Crippen LogP contribution in [0.3, 0.4) is 0 Å². The average Bonchev–Trinajstić information content (AvgIpc) is 2.50. The summed E-state index contributed by atoms with van der Waals surface area (Å²) in [6.45, 7) is 11.8. The van der Waals surface area contributed by atoms with Crippen LogP contribution in [0.15, 0.2) is 0 Å². The molecule has 21 heavy (non-hydrogen) atoms. The number of rotatable bonds is 8. The van der Waals surface area contributed by atoms with Gasteiger partial charge >= 0.3 is 0 Å². The molecule has 1 atom stereocenters. The van der Waals surface area contributed by atoms with Crippen molar-refractivity contribution in [2.24, 2.45) is 5.92 Å². The van der Waals surface area contributed by atoms with Crippen LogP contribution in [0.25, 0.3) is 0 Å². The summed E-state index contributed by atoms with van der Waals surface area (Å²) < 4.78 is 0. The van der Waals surface area contributed by atoms with Gasteiger partial charge in [-0.1, -0.05) is 20.8 Å². The highest BCUT2D eigenvalue weighted by Crippen LogP contribution is 2.07. The van der Waals surface area contributed by atoms with Gasteiger partial charge in [0.05, 0.1) is 6.54 Å². The molecule has 2 N–H and O–H groups in total. The standard InChI is InChI=1S/C15H30N4O2/c1-4-6-17-14(20)12-18-7-9-19(10-8-18)15(21)13(3)11-16-5-2/h13,16H,4-12H2,1-3H3,(H,17,20). The summed E-state index contributed by atoms with van der Waals surface area (Å²) in [4.78, 5) is 28.0. The third-order valence-corrected chi connectivity index (χ3v) is 3.75. The van der Waals surface area contributed by atoms with Gasteiger partial charge in [0.2, 0.25) is 11.8 Å². The fraction of sp³-hybridized carbons (Fsp3) is 0.867. The number of hydrogen-bond acceptors (Lipinski definition) is 4. The molecule has 6 nitrogen and oxygen atoms in total. The Morgan fingerprint density at radius 2 is 1.81 bits per heavy atom. The van der Waals surface area contributed by atoms with E-state index in [1.165, 1.54) is 0 Å². The minimum atomic E-state index is 0.0179. The Hall–Kier alpha value is -1.14. The molecule has 1 saturated heterocycles. The summed E-state index contributed by atoms with van der Waals surface area (Å²) in [7, 11) is 0. The average molecular weight is 298 g/mol. The van der Waals surface area contributed by atoms with Gasteiger partial charge in [-0.2, -0.15) is 0 Å². The number of carbonyl (C=O) groups is 2. The van der Waals surface area contributed by atoms with Crippen LogP contribution in [0, 0.1) is 5.92 Å². The van der Waals surface area contributed by atoms with Crippen LogP contribution >= 0.6 is 0 Å². The molecule has 1 fully saturated rings. The van der Waals surface area contributed by atoms with E-state index in [2.05, 4.69) is 15.5 Å². The van der Waals surface area contributed by atoms with Crippen molar-refractivity contribution in [2.75, 3.05) is 52.4 Å². The van der Waals surface area contributed by atoms with Crippen LogP contribution in [-0.4, -0.2) is 74.0 Å². The lowest BCUT2D eigenvalue weighted by molar-refractivity contribution is -0.136. The molecule has 1 rings (SSSR count). The van der Waals surface area contributed by atoms with E-state index in [4.69, 9.17) is 0 Å². The number of piperazine rings is 1. The van der Waals surface area contributed by atoms with Crippen molar-refractivity contribution < 1.29 is 9.59 Å². The number of nitrogens with one attached hydrogen (secondary N) is 2. The maximum absolute atomic E-state index is 12.3. The first kappa shape index (κ1) is 17.9. The van der Waals surface area contributed by atoms with Crippen molar-refractivity contribution in [2.45, 2.75) is 27.2 Å². The van der Waals surface area contributed by atoms with E-state index in [1.807, 2.05) is 25.7 Å². The van der Waals surface area contributed by atoms with E-state index in [9.17, 15) is 9.59 Å². The summed E-state index contributed by atoms with van der Waals surface area (Å²) in [6.07, 6.45) is 0.956. The van der Waals surface area contributed by atoms with E-state index in [0.29, 0.717) is 6.54 Å². The molecule has 0 aromatic carbocycles. The topological polar surface area (TPSA) is 64.7 Å². The van der Waals surface area contributed by atoms with Crippen molar-refractivity contribution in [3.63, 3.8) is 0 Å². The van der Waals surface area contributed by atoms with Crippen molar-refractivity contribution in [1.29, 1.82) is 0 Å². The van der Waals surface area contributed by atoms with Crippen molar-refractivity contribution in [1.82, 2.24) is 20.4 Å². The molecule has 2 amide bonds. The molecule has 1 unspecified atom stereocenters. The van der Waals surface area contributed by atoms with Gasteiger partial charge in [-0.25, -0.2) is 0 Å². The summed E-state index contributed by atoms with van der Waals surface area (Å²) in [5, 5.41) is 6.10. The van der Waals surface area contributed by atoms with E-state index >= 15 is 0 Å². The molecule has 0 aliphatic carbocycles. The van der Waals surface area contributed by atoms with Gasteiger partial charge in [0.25, 0.3) is 0 Å². The summed E-state index contributed by atoms with van der Waals surface area (Å²) in [5.74, 6) is 0.313. The molecule has 0 spiro atoms. The van der Waals surface area contributed by atoms with Crippen LogP contribution in [0.5, 0.6) is 0 Å². The summed E-state index contributed by atoms with van der Waals surface area (Å²) in [6, 6.07) is 0. The summed E-state index contributed by atoms with van der Waals surface area (Å²) in [5.41, 5.74) is 0. The van der Waals surface area contributed by atoms with Gasteiger partial charge in [-0.3, -0.25) is 14.5 Å². The molecule has 6 heteroatoms. The molecule has 0 aromatic heterocycles. The Morgan fingerprint density at radius 1 is 1.14 bits per heavy atom. The SMILES string of the molecule is CCCNC(=O)CN1CCN(C(=O)C(C)CNCC)CC1. The first-order valence-electron chi connectivity index (χ1n) is 8.07. The largest absolute Gasteiger partial charge is 0.355 e. The Kier molecular flexibility index (Phi) is 8.30. The second-order valence-corrected chi connectivity index (χ2v) is 5.66. The van der Waals surface area contributed by atoms with Gasteiger partial charge in [-0.15, -0.1) is 0 Å². The van der Waals surface area contributed by atoms with Crippen molar-refractivity contribution in [3.05, 3.63) is 0 Å². The molecule has 1 aliphatic rings. The molecular weight excluding hydrogens is 268 g/mol. The predicted molar refractivity (Wildman–Crippen MR) is 84.0 cm³/mol. The second kappa shape index (κ2) is 9.73. The number of hydrogen-bond donors (Lipinski definition) is 2. The fourth-order valence-electron chi connectivity index (χ4n) is 2.41. The molecule has 1 heterocycles. The first-order chi connectivity index (χ1) is 10.1. The number of nitrogens with zero attached hydrogens (tertiary/aromatic N) is 2. The third-order valence-electron chi connectivity index (χ3n) is 3.75. The lowest BCUT2D eigenvalue weighted by atomic mass is 10.1. The van der Waals surface area contributed by atoms with Crippen LogP contribution in [0.1, 0.15) is 27.2 Å². The maximum atomic E-state index is 12.3. The first-order valence-corrected chi connectivity index (χ1v) is 8.07. The monoisotopic (exact) mass is 298 g/mol. The number of carbonyl (C=O) groups excluding carboxylic acids is 2. The minimum absolute atomic E-state index is 0.0179. The van der Waals surface area contributed by atoms with E-state index in [0.717, 1.165) is 52.2 Å². The highest BCUT2D eigenvalue weighted by atomic mass is 16.2. The zero-order chi connectivity index (χ0) is 15.7. The zero-order valence-corrected chi connectivity index (χ0v) is 13.7. The van der Waals surface area contributed by atoms with Gasteiger partial charge in [0.15, 0.2) is 0 Å². The zero-order valence-electron chi connectivity index (χ0n) is 13.7. The smallest absolute Gasteiger partial charge is 0.234 e. The highest BCUT2D eigenvalue weighted by Gasteiger charge is 2.25. The second-order valence-electron chi connectivity index (χ2n) is 5.66. The fourth-order valence-corrected chi connectivity index (χ4v) is 2.41. The third kappa shape index (κ3) is 6.44. The minimum Gasteiger partial charge on any atom is -0.355 e. The van der Waals surface area contributed by atoms with Gasteiger partial charge < -0.3 is 15.5 Å². The van der Waals surface area contributed by atoms with Crippen LogP contribution in [0.2, 0.25) is 0 Å². The molecule has 0 radical (unpaired) electrons. The Bertz CT molecular complexity index is 328. The van der Waals surface area contributed by atoms with Crippen LogP contribution in [0.4, 0.5) is 0 Å².